The molecule has 0 spiro atoms. The van der Waals surface area contributed by atoms with Gasteiger partial charge in [0.2, 0.25) is 11.8 Å². The van der Waals surface area contributed by atoms with Crippen molar-refractivity contribution in [1.82, 2.24) is 0 Å². The molecular formula is C21H30N2O2. The zero-order valence-corrected chi connectivity index (χ0v) is 15.5. The molecule has 0 aromatic heterocycles. The van der Waals surface area contributed by atoms with Gasteiger partial charge in [-0.05, 0) is 48.4 Å². The molecule has 1 saturated carbocycles. The molecule has 4 nitrogen and oxygen atoms in total. The number of benzene rings is 1. The lowest BCUT2D eigenvalue weighted by Crippen LogP contribution is -2.37. The van der Waals surface area contributed by atoms with Crippen molar-refractivity contribution >= 4 is 23.2 Å². The van der Waals surface area contributed by atoms with Crippen LogP contribution in [0.4, 0.5) is 11.4 Å². The first-order chi connectivity index (χ1) is 12.0. The molecule has 1 aromatic rings. The summed E-state index contributed by atoms with van der Waals surface area (Å²) in [5.41, 5.74) is 3.02. The molecule has 1 fully saturated rings. The van der Waals surface area contributed by atoms with Crippen molar-refractivity contribution in [2.24, 2.45) is 11.8 Å². The number of nitrogens with zero attached hydrogens (tertiary/aromatic N) is 1. The van der Waals surface area contributed by atoms with Crippen LogP contribution in [0.2, 0.25) is 0 Å². The quantitative estimate of drug-likeness (QED) is 0.825. The Balaban J connectivity index is 1.62. The Morgan fingerprint density at radius 3 is 2.72 bits per heavy atom. The molecule has 3 rings (SSSR count). The van der Waals surface area contributed by atoms with Crippen LogP contribution in [0.3, 0.4) is 0 Å². The second kappa shape index (κ2) is 8.03. The summed E-state index contributed by atoms with van der Waals surface area (Å²) < 4.78 is 0. The molecule has 136 valence electrons. The molecule has 1 heterocycles. The van der Waals surface area contributed by atoms with E-state index in [1.165, 1.54) is 25.7 Å². The molecule has 0 bridgehead atoms. The van der Waals surface area contributed by atoms with Gasteiger partial charge < -0.3 is 10.2 Å². The highest BCUT2D eigenvalue weighted by molar-refractivity contribution is 5.97. The molecule has 0 saturated heterocycles. The number of rotatable bonds is 6. The number of anilines is 2. The lowest BCUT2D eigenvalue weighted by molar-refractivity contribution is -0.119. The number of fused-ring (bicyclic) bond motifs is 1. The fourth-order valence-corrected chi connectivity index (χ4v) is 4.06. The van der Waals surface area contributed by atoms with E-state index < -0.39 is 0 Å². The molecule has 2 aliphatic rings. The third-order valence-corrected chi connectivity index (χ3v) is 5.37. The number of hydrogen-bond acceptors (Lipinski definition) is 2. The van der Waals surface area contributed by atoms with Crippen molar-refractivity contribution in [2.75, 3.05) is 16.8 Å². The van der Waals surface area contributed by atoms with Crippen molar-refractivity contribution in [3.8, 4) is 0 Å². The fraction of sp³-hybridized carbons (Fsp3) is 0.619. The lowest BCUT2D eigenvalue weighted by atomic mass is 9.99. The van der Waals surface area contributed by atoms with Crippen molar-refractivity contribution in [1.29, 1.82) is 0 Å². The Morgan fingerprint density at radius 2 is 2.00 bits per heavy atom. The molecule has 0 atom stereocenters. The van der Waals surface area contributed by atoms with E-state index in [4.69, 9.17) is 0 Å². The van der Waals surface area contributed by atoms with Crippen molar-refractivity contribution in [3.63, 3.8) is 0 Å². The summed E-state index contributed by atoms with van der Waals surface area (Å²) >= 11 is 0. The molecule has 4 heteroatoms. The van der Waals surface area contributed by atoms with E-state index >= 15 is 0 Å². The Kier molecular flexibility index (Phi) is 5.77. The van der Waals surface area contributed by atoms with Gasteiger partial charge >= 0.3 is 0 Å². The van der Waals surface area contributed by atoms with Gasteiger partial charge in [0.15, 0.2) is 0 Å². The summed E-state index contributed by atoms with van der Waals surface area (Å²) in [7, 11) is 0. The van der Waals surface area contributed by atoms with Gasteiger partial charge in [-0.15, -0.1) is 0 Å². The third-order valence-electron chi connectivity index (χ3n) is 5.37. The highest BCUT2D eigenvalue weighted by Crippen LogP contribution is 2.31. The van der Waals surface area contributed by atoms with Crippen LogP contribution in [-0.4, -0.2) is 18.4 Å². The van der Waals surface area contributed by atoms with Gasteiger partial charge in [-0.1, -0.05) is 39.5 Å². The first-order valence-corrected chi connectivity index (χ1v) is 9.76. The number of aryl methyl sites for hydroxylation is 1. The maximum absolute atomic E-state index is 12.2. The zero-order valence-electron chi connectivity index (χ0n) is 15.5. The topological polar surface area (TPSA) is 49.4 Å². The summed E-state index contributed by atoms with van der Waals surface area (Å²) in [6.45, 7) is 5.00. The first-order valence-electron chi connectivity index (χ1n) is 9.76. The monoisotopic (exact) mass is 342 g/mol. The van der Waals surface area contributed by atoms with Crippen LogP contribution in [0.25, 0.3) is 0 Å². The maximum atomic E-state index is 12.2. The molecular weight excluding hydrogens is 312 g/mol. The van der Waals surface area contributed by atoms with Crippen molar-refractivity contribution < 1.29 is 9.59 Å². The van der Waals surface area contributed by atoms with E-state index in [0.717, 1.165) is 42.2 Å². The summed E-state index contributed by atoms with van der Waals surface area (Å²) in [6, 6.07) is 5.96. The minimum atomic E-state index is 0.109. The minimum Gasteiger partial charge on any atom is -0.326 e. The molecule has 1 aliphatic carbocycles. The molecule has 1 aromatic carbocycles. The summed E-state index contributed by atoms with van der Waals surface area (Å²) in [5, 5.41) is 3.04. The van der Waals surface area contributed by atoms with E-state index in [9.17, 15) is 9.59 Å². The highest BCUT2D eigenvalue weighted by Gasteiger charge is 2.25. The van der Waals surface area contributed by atoms with Gasteiger partial charge in [0.05, 0.1) is 0 Å². The molecule has 25 heavy (non-hydrogen) atoms. The number of amides is 2. The smallest absolute Gasteiger partial charge is 0.227 e. The zero-order chi connectivity index (χ0) is 17.8. The second-order valence-electron chi connectivity index (χ2n) is 7.98. The van der Waals surface area contributed by atoms with Crippen LogP contribution in [0.1, 0.15) is 64.4 Å². The van der Waals surface area contributed by atoms with Gasteiger partial charge in [0.25, 0.3) is 0 Å². The number of hydrogen-bond donors (Lipinski definition) is 1. The van der Waals surface area contributed by atoms with Crippen LogP contribution in [-0.2, 0) is 16.0 Å². The largest absolute Gasteiger partial charge is 0.326 e. The van der Waals surface area contributed by atoms with E-state index in [1.807, 2.05) is 23.1 Å². The average Bonchev–Trinajstić information content (AvgIpc) is 3.09. The van der Waals surface area contributed by atoms with Crippen molar-refractivity contribution in [2.45, 2.75) is 65.2 Å². The van der Waals surface area contributed by atoms with Gasteiger partial charge in [-0.2, -0.15) is 0 Å². The second-order valence-corrected chi connectivity index (χ2v) is 7.98. The van der Waals surface area contributed by atoms with Crippen LogP contribution in [0, 0.1) is 11.8 Å². The molecule has 0 unspecified atom stereocenters. The maximum Gasteiger partial charge on any atom is 0.227 e. The Labute approximate surface area is 151 Å². The summed E-state index contributed by atoms with van der Waals surface area (Å²) in [4.78, 5) is 26.3. The third kappa shape index (κ3) is 4.62. The van der Waals surface area contributed by atoms with E-state index in [-0.39, 0.29) is 11.8 Å². The lowest BCUT2D eigenvalue weighted by Gasteiger charge is -2.31. The summed E-state index contributed by atoms with van der Waals surface area (Å²) in [5.74, 6) is 1.49. The Morgan fingerprint density at radius 1 is 1.24 bits per heavy atom. The van der Waals surface area contributed by atoms with Crippen LogP contribution in [0.15, 0.2) is 18.2 Å². The van der Waals surface area contributed by atoms with Gasteiger partial charge in [0.1, 0.15) is 0 Å². The van der Waals surface area contributed by atoms with Gasteiger partial charge in [-0.3, -0.25) is 9.59 Å². The minimum absolute atomic E-state index is 0.109. The molecule has 2 amide bonds. The molecule has 1 aliphatic heterocycles. The number of carbonyl (C=O) groups is 2. The van der Waals surface area contributed by atoms with Crippen LogP contribution >= 0.6 is 0 Å². The average molecular weight is 342 g/mol. The van der Waals surface area contributed by atoms with E-state index in [1.54, 1.807) is 0 Å². The predicted octanol–water partition coefficient (Wildman–Crippen LogP) is 4.53. The van der Waals surface area contributed by atoms with E-state index in [0.29, 0.717) is 18.8 Å². The molecule has 0 radical (unpaired) electrons. The van der Waals surface area contributed by atoms with Gasteiger partial charge in [-0.25, -0.2) is 0 Å². The summed E-state index contributed by atoms with van der Waals surface area (Å²) in [6.07, 6.45) is 8.14. The van der Waals surface area contributed by atoms with Gasteiger partial charge in [0, 0.05) is 30.8 Å². The SMILES string of the molecule is CC(C)CN1C(=O)CCc2cc(NC(=O)CCC3CCCC3)ccc21. The van der Waals surface area contributed by atoms with Crippen molar-refractivity contribution in [3.05, 3.63) is 23.8 Å². The Bertz CT molecular complexity index is 633. The fourth-order valence-electron chi connectivity index (χ4n) is 4.06. The number of carbonyl (C=O) groups excluding carboxylic acids is 2. The number of nitrogens with one attached hydrogen (secondary N) is 1. The van der Waals surface area contributed by atoms with Crippen LogP contribution < -0.4 is 10.2 Å². The predicted molar refractivity (Wildman–Crippen MR) is 102 cm³/mol. The molecule has 1 N–H and O–H groups in total. The van der Waals surface area contributed by atoms with Crippen LogP contribution in [0.5, 0.6) is 0 Å². The normalized spacial score (nSPS) is 17.9. The van der Waals surface area contributed by atoms with E-state index in [2.05, 4.69) is 19.2 Å². The Hall–Kier alpha value is -1.84. The highest BCUT2D eigenvalue weighted by atomic mass is 16.2. The first kappa shape index (κ1) is 18.0. The standard InChI is InChI=1S/C21H30N2O2/c1-15(2)14-23-19-10-9-18(13-17(19)8-12-21(23)25)22-20(24)11-7-16-5-3-4-6-16/h9-10,13,15-16H,3-8,11-12,14H2,1-2H3,(H,22,24).